The first-order valence-electron chi connectivity index (χ1n) is 6.01. The van der Waals surface area contributed by atoms with Crippen molar-refractivity contribution in [1.29, 1.82) is 5.41 Å². The summed E-state index contributed by atoms with van der Waals surface area (Å²) in [6.07, 6.45) is 2.73. The fraction of sp³-hybridized carbons (Fsp3) is 0.462. The predicted octanol–water partition coefficient (Wildman–Crippen LogP) is 1.86. The zero-order valence-electron chi connectivity index (χ0n) is 10.1. The molecule has 1 aliphatic carbocycles. The highest BCUT2D eigenvalue weighted by Gasteiger charge is 2.19. The Morgan fingerprint density at radius 1 is 1.47 bits per heavy atom. The van der Waals surface area contributed by atoms with Crippen LogP contribution in [0.1, 0.15) is 30.9 Å². The lowest BCUT2D eigenvalue weighted by Crippen LogP contribution is -2.26. The van der Waals surface area contributed by atoms with Gasteiger partial charge in [-0.3, -0.25) is 0 Å². The summed E-state index contributed by atoms with van der Waals surface area (Å²) in [6.45, 7) is 2.57. The highest BCUT2D eigenvalue weighted by molar-refractivity contribution is 6.05. The van der Waals surface area contributed by atoms with Crippen molar-refractivity contribution in [2.75, 3.05) is 11.9 Å². The molecule has 0 saturated carbocycles. The van der Waals surface area contributed by atoms with E-state index in [2.05, 4.69) is 5.32 Å². The molecule has 0 radical (unpaired) electrons. The van der Waals surface area contributed by atoms with E-state index in [1.807, 2.05) is 6.92 Å². The van der Waals surface area contributed by atoms with Gasteiger partial charge >= 0.3 is 0 Å². The molecular weight excluding hydrogens is 214 g/mol. The summed E-state index contributed by atoms with van der Waals surface area (Å²) < 4.78 is 0. The Bertz CT molecular complexity index is 441. The number of anilines is 1. The zero-order chi connectivity index (χ0) is 12.4. The van der Waals surface area contributed by atoms with E-state index in [4.69, 9.17) is 11.1 Å². The second kappa shape index (κ2) is 4.75. The van der Waals surface area contributed by atoms with Crippen molar-refractivity contribution in [3.05, 3.63) is 23.3 Å². The van der Waals surface area contributed by atoms with Crippen LogP contribution in [-0.4, -0.2) is 23.4 Å². The Labute approximate surface area is 101 Å². The van der Waals surface area contributed by atoms with Crippen LogP contribution in [0.5, 0.6) is 5.75 Å². The molecule has 1 aromatic rings. The molecule has 0 spiro atoms. The van der Waals surface area contributed by atoms with Gasteiger partial charge in [-0.1, -0.05) is 0 Å². The van der Waals surface area contributed by atoms with Crippen LogP contribution in [0.2, 0.25) is 0 Å². The standard InChI is InChI=1S/C13H19N3O/c1-8(14)7-16-12-6-10(17)5-9-3-2-4-11(15)13(9)12/h5-6,8,15-17H,2-4,7,14H2,1H3. The molecule has 17 heavy (non-hydrogen) atoms. The van der Waals surface area contributed by atoms with Gasteiger partial charge < -0.3 is 21.6 Å². The molecule has 0 amide bonds. The number of aryl methyl sites for hydroxylation is 1. The summed E-state index contributed by atoms with van der Waals surface area (Å²) in [5.41, 5.74) is 9.21. The monoisotopic (exact) mass is 233 g/mol. The maximum Gasteiger partial charge on any atom is 0.117 e. The Morgan fingerprint density at radius 3 is 2.94 bits per heavy atom. The van der Waals surface area contributed by atoms with Gasteiger partial charge in [-0.25, -0.2) is 0 Å². The van der Waals surface area contributed by atoms with E-state index in [1.165, 1.54) is 0 Å². The van der Waals surface area contributed by atoms with Crippen LogP contribution in [-0.2, 0) is 6.42 Å². The molecule has 4 heteroatoms. The molecule has 0 aliphatic heterocycles. The molecule has 92 valence electrons. The van der Waals surface area contributed by atoms with Gasteiger partial charge in [0.05, 0.1) is 0 Å². The summed E-state index contributed by atoms with van der Waals surface area (Å²) in [4.78, 5) is 0. The Kier molecular flexibility index (Phi) is 3.33. The minimum Gasteiger partial charge on any atom is -0.508 e. The number of nitrogens with two attached hydrogens (primary N) is 1. The molecule has 1 unspecified atom stereocenters. The quantitative estimate of drug-likeness (QED) is 0.643. The molecule has 0 aromatic heterocycles. The van der Waals surface area contributed by atoms with Crippen molar-refractivity contribution < 1.29 is 5.11 Å². The fourth-order valence-corrected chi connectivity index (χ4v) is 2.23. The Balaban J connectivity index is 2.36. The average molecular weight is 233 g/mol. The highest BCUT2D eigenvalue weighted by Crippen LogP contribution is 2.31. The van der Waals surface area contributed by atoms with Gasteiger partial charge in [0.1, 0.15) is 5.75 Å². The van der Waals surface area contributed by atoms with E-state index >= 15 is 0 Å². The van der Waals surface area contributed by atoms with Crippen LogP contribution in [0.25, 0.3) is 0 Å². The maximum absolute atomic E-state index is 9.68. The van der Waals surface area contributed by atoms with Gasteiger partial charge in [0, 0.05) is 35.6 Å². The molecular formula is C13H19N3O. The first kappa shape index (κ1) is 11.9. The number of hydrogen-bond acceptors (Lipinski definition) is 4. The van der Waals surface area contributed by atoms with Crippen LogP contribution < -0.4 is 11.1 Å². The fourth-order valence-electron chi connectivity index (χ4n) is 2.23. The first-order valence-corrected chi connectivity index (χ1v) is 6.01. The van der Waals surface area contributed by atoms with Crippen LogP contribution in [0, 0.1) is 5.41 Å². The van der Waals surface area contributed by atoms with Gasteiger partial charge in [0.15, 0.2) is 0 Å². The van der Waals surface area contributed by atoms with Crippen molar-refractivity contribution in [1.82, 2.24) is 0 Å². The molecule has 1 atom stereocenters. The van der Waals surface area contributed by atoms with Crippen molar-refractivity contribution in [3.63, 3.8) is 0 Å². The van der Waals surface area contributed by atoms with Crippen molar-refractivity contribution in [2.45, 2.75) is 32.2 Å². The Morgan fingerprint density at radius 2 is 2.24 bits per heavy atom. The second-order valence-electron chi connectivity index (χ2n) is 4.72. The van der Waals surface area contributed by atoms with Gasteiger partial charge in [-0.2, -0.15) is 0 Å². The smallest absolute Gasteiger partial charge is 0.117 e. The molecule has 5 N–H and O–H groups in total. The largest absolute Gasteiger partial charge is 0.508 e. The SMILES string of the molecule is CC(N)CNc1cc(O)cc2c1C(=N)CCC2. The number of phenolic OH excluding ortho intramolecular Hbond substituents is 1. The van der Waals surface area contributed by atoms with E-state index in [0.717, 1.165) is 36.1 Å². The summed E-state index contributed by atoms with van der Waals surface area (Å²) in [5, 5.41) is 20.9. The number of fused-ring (bicyclic) bond motifs is 1. The van der Waals surface area contributed by atoms with Crippen LogP contribution in [0.3, 0.4) is 0 Å². The lowest BCUT2D eigenvalue weighted by atomic mass is 9.88. The van der Waals surface area contributed by atoms with E-state index in [1.54, 1.807) is 12.1 Å². The predicted molar refractivity (Wildman–Crippen MR) is 70.0 cm³/mol. The molecule has 0 saturated heterocycles. The van der Waals surface area contributed by atoms with Crippen molar-refractivity contribution in [3.8, 4) is 5.75 Å². The molecule has 4 nitrogen and oxygen atoms in total. The third kappa shape index (κ3) is 2.58. The number of rotatable bonds is 3. The van der Waals surface area contributed by atoms with Crippen LogP contribution in [0.4, 0.5) is 5.69 Å². The number of hydrogen-bond donors (Lipinski definition) is 4. The minimum atomic E-state index is 0.0470. The minimum absolute atomic E-state index is 0.0470. The van der Waals surface area contributed by atoms with Crippen molar-refractivity contribution in [2.24, 2.45) is 5.73 Å². The summed E-state index contributed by atoms with van der Waals surface area (Å²) in [6, 6.07) is 3.49. The number of nitrogens with one attached hydrogen (secondary N) is 2. The van der Waals surface area contributed by atoms with E-state index in [0.29, 0.717) is 12.3 Å². The molecule has 0 bridgehead atoms. The lowest BCUT2D eigenvalue weighted by molar-refractivity contribution is 0.474. The topological polar surface area (TPSA) is 82.1 Å². The third-order valence-electron chi connectivity index (χ3n) is 2.99. The van der Waals surface area contributed by atoms with Gasteiger partial charge in [0.25, 0.3) is 0 Å². The highest BCUT2D eigenvalue weighted by atomic mass is 16.3. The van der Waals surface area contributed by atoms with Crippen LogP contribution >= 0.6 is 0 Å². The zero-order valence-corrected chi connectivity index (χ0v) is 10.1. The van der Waals surface area contributed by atoms with E-state index < -0.39 is 0 Å². The van der Waals surface area contributed by atoms with E-state index in [9.17, 15) is 5.11 Å². The first-order chi connectivity index (χ1) is 8.08. The second-order valence-corrected chi connectivity index (χ2v) is 4.72. The molecule has 0 heterocycles. The van der Waals surface area contributed by atoms with Gasteiger partial charge in [-0.05, 0) is 37.8 Å². The maximum atomic E-state index is 9.68. The van der Waals surface area contributed by atoms with Gasteiger partial charge in [-0.15, -0.1) is 0 Å². The summed E-state index contributed by atoms with van der Waals surface area (Å²) in [7, 11) is 0. The van der Waals surface area contributed by atoms with Crippen molar-refractivity contribution >= 4 is 11.4 Å². The van der Waals surface area contributed by atoms with Gasteiger partial charge in [0.2, 0.25) is 0 Å². The average Bonchev–Trinajstić information content (AvgIpc) is 2.25. The molecule has 1 aliphatic rings. The number of phenols is 1. The van der Waals surface area contributed by atoms with E-state index in [-0.39, 0.29) is 11.8 Å². The summed E-state index contributed by atoms with van der Waals surface area (Å²) >= 11 is 0. The third-order valence-corrected chi connectivity index (χ3v) is 2.99. The normalized spacial score (nSPS) is 16.5. The molecule has 0 fully saturated rings. The Hall–Kier alpha value is -1.55. The lowest BCUT2D eigenvalue weighted by Gasteiger charge is -2.22. The molecule has 1 aromatic carbocycles. The summed E-state index contributed by atoms with van der Waals surface area (Å²) in [5.74, 6) is 0.255. The van der Waals surface area contributed by atoms with Crippen LogP contribution in [0.15, 0.2) is 12.1 Å². The number of aromatic hydroxyl groups is 1. The number of benzene rings is 1. The molecule has 2 rings (SSSR count).